The first-order valence-corrected chi connectivity index (χ1v) is 12.5. The van der Waals surface area contributed by atoms with E-state index >= 15 is 0 Å². The van der Waals surface area contributed by atoms with Crippen molar-refractivity contribution >= 4 is 10.8 Å². The van der Waals surface area contributed by atoms with Crippen molar-refractivity contribution in [2.45, 2.75) is 110 Å². The molecule has 0 unspecified atom stereocenters. The molecule has 0 saturated heterocycles. The molecule has 0 fully saturated rings. The highest BCUT2D eigenvalue weighted by Crippen LogP contribution is 2.18. The van der Waals surface area contributed by atoms with Crippen molar-refractivity contribution in [1.29, 1.82) is 0 Å². The van der Waals surface area contributed by atoms with Crippen LogP contribution in [-0.4, -0.2) is 0 Å². The van der Waals surface area contributed by atoms with Gasteiger partial charge in [0, 0.05) is 0 Å². The molecular weight excluding hydrogens is 348 g/mol. The third kappa shape index (κ3) is 11.3. The van der Waals surface area contributed by atoms with Crippen LogP contribution in [-0.2, 0) is 6.42 Å². The van der Waals surface area contributed by atoms with Crippen LogP contribution in [0.25, 0.3) is 10.8 Å². The molecular formula is C29H44. The van der Waals surface area contributed by atoms with E-state index in [1.54, 1.807) is 0 Å². The van der Waals surface area contributed by atoms with Crippen LogP contribution >= 0.6 is 0 Å². The Bertz CT molecular complexity index is 667. The maximum absolute atomic E-state index is 2.43. The molecule has 0 bridgehead atoms. The van der Waals surface area contributed by atoms with Gasteiger partial charge in [0.05, 0.1) is 0 Å². The second-order valence-corrected chi connectivity index (χ2v) is 8.72. The highest BCUT2D eigenvalue weighted by Gasteiger charge is 1.97. The average molecular weight is 393 g/mol. The molecule has 2 aromatic carbocycles. The first kappa shape index (κ1) is 23.7. The maximum atomic E-state index is 2.43. The summed E-state index contributed by atoms with van der Waals surface area (Å²) in [7, 11) is 0. The van der Waals surface area contributed by atoms with Gasteiger partial charge in [-0.05, 0) is 54.9 Å². The Balaban J connectivity index is 1.37. The second kappa shape index (κ2) is 16.3. The van der Waals surface area contributed by atoms with Gasteiger partial charge in [-0.2, -0.15) is 0 Å². The average Bonchev–Trinajstić information content (AvgIpc) is 2.76. The van der Waals surface area contributed by atoms with Crippen molar-refractivity contribution in [3.8, 4) is 0 Å². The van der Waals surface area contributed by atoms with Gasteiger partial charge in [0.2, 0.25) is 0 Å². The summed E-state index contributed by atoms with van der Waals surface area (Å²) in [6.45, 7) is 2.29. The fourth-order valence-electron chi connectivity index (χ4n) is 4.15. The lowest BCUT2D eigenvalue weighted by atomic mass is 10.0. The Kier molecular flexibility index (Phi) is 13.3. The number of unbranched alkanes of at least 4 members (excludes halogenated alkanes) is 13. The zero-order valence-electron chi connectivity index (χ0n) is 19.0. The number of hydrogen-bond acceptors (Lipinski definition) is 0. The molecule has 29 heavy (non-hydrogen) atoms. The third-order valence-corrected chi connectivity index (χ3v) is 6.04. The minimum absolute atomic E-state index is 1.23. The summed E-state index contributed by atoms with van der Waals surface area (Å²) >= 11 is 0. The van der Waals surface area contributed by atoms with E-state index < -0.39 is 0 Å². The fourth-order valence-corrected chi connectivity index (χ4v) is 4.15. The standard InChI is InChI=1S/C29H44/c1-2-3-4-5-6-7-8-9-10-11-12-13-14-15-16-17-18-21-27-24-25-28-22-19-20-23-29(28)26-27/h11-12,19-20,22-26H,2-10,13-18,21H2,1H3/b12-11+. The lowest BCUT2D eigenvalue weighted by Crippen LogP contribution is -1.86. The molecule has 0 saturated carbocycles. The van der Waals surface area contributed by atoms with Gasteiger partial charge in [0.15, 0.2) is 0 Å². The summed E-state index contributed by atoms with van der Waals surface area (Å²) < 4.78 is 0. The van der Waals surface area contributed by atoms with Crippen molar-refractivity contribution < 1.29 is 0 Å². The SMILES string of the molecule is CCCCCCCCCC/C=C/CCCCCCCc1ccc2ccccc2c1. The van der Waals surface area contributed by atoms with Gasteiger partial charge < -0.3 is 0 Å². The molecule has 0 heterocycles. The maximum Gasteiger partial charge on any atom is -0.0181 e. The van der Waals surface area contributed by atoms with Crippen molar-refractivity contribution in [1.82, 2.24) is 0 Å². The molecule has 0 aliphatic carbocycles. The number of fused-ring (bicyclic) bond motifs is 1. The molecule has 0 aromatic heterocycles. The molecule has 160 valence electrons. The van der Waals surface area contributed by atoms with Gasteiger partial charge in [-0.1, -0.05) is 126 Å². The van der Waals surface area contributed by atoms with E-state index in [0.29, 0.717) is 0 Å². The Labute approximate surface area is 180 Å². The summed E-state index contributed by atoms with van der Waals surface area (Å²) in [5.74, 6) is 0. The molecule has 0 spiro atoms. The van der Waals surface area contributed by atoms with Crippen LogP contribution < -0.4 is 0 Å². The van der Waals surface area contributed by atoms with Gasteiger partial charge in [0.1, 0.15) is 0 Å². The van der Waals surface area contributed by atoms with E-state index in [1.807, 2.05) is 0 Å². The molecule has 0 radical (unpaired) electrons. The van der Waals surface area contributed by atoms with Crippen molar-refractivity contribution in [2.75, 3.05) is 0 Å². The quantitative estimate of drug-likeness (QED) is 0.185. The van der Waals surface area contributed by atoms with Crippen LogP contribution in [0.2, 0.25) is 0 Å². The van der Waals surface area contributed by atoms with E-state index in [2.05, 4.69) is 61.5 Å². The topological polar surface area (TPSA) is 0 Å². The minimum atomic E-state index is 1.23. The van der Waals surface area contributed by atoms with Crippen LogP contribution in [0.3, 0.4) is 0 Å². The Morgan fingerprint density at radius 1 is 0.552 bits per heavy atom. The van der Waals surface area contributed by atoms with Crippen LogP contribution in [0.1, 0.15) is 109 Å². The summed E-state index contributed by atoms with van der Waals surface area (Å²) in [5, 5.41) is 2.73. The molecule has 0 aliphatic heterocycles. The van der Waals surface area contributed by atoms with E-state index in [0.717, 1.165) is 0 Å². The van der Waals surface area contributed by atoms with E-state index in [9.17, 15) is 0 Å². The zero-order chi connectivity index (χ0) is 20.4. The molecule has 2 aromatic rings. The highest BCUT2D eigenvalue weighted by molar-refractivity contribution is 5.82. The predicted molar refractivity (Wildman–Crippen MR) is 132 cm³/mol. The zero-order valence-corrected chi connectivity index (χ0v) is 19.0. The largest absolute Gasteiger partial charge is 0.0885 e. The van der Waals surface area contributed by atoms with Crippen molar-refractivity contribution in [3.63, 3.8) is 0 Å². The summed E-state index contributed by atoms with van der Waals surface area (Å²) in [4.78, 5) is 0. The molecule has 0 aliphatic rings. The van der Waals surface area contributed by atoms with Gasteiger partial charge >= 0.3 is 0 Å². The molecule has 0 heteroatoms. The minimum Gasteiger partial charge on any atom is -0.0885 e. The normalized spacial score (nSPS) is 11.6. The van der Waals surface area contributed by atoms with Crippen LogP contribution in [0.4, 0.5) is 0 Å². The Hall–Kier alpha value is -1.56. The predicted octanol–water partition coefficient (Wildman–Crippen LogP) is 9.81. The third-order valence-electron chi connectivity index (χ3n) is 6.04. The number of hydrogen-bond donors (Lipinski definition) is 0. The lowest BCUT2D eigenvalue weighted by molar-refractivity contribution is 0.577. The first-order valence-electron chi connectivity index (χ1n) is 12.5. The molecule has 0 atom stereocenters. The lowest BCUT2D eigenvalue weighted by Gasteiger charge is -2.04. The van der Waals surface area contributed by atoms with E-state index in [-0.39, 0.29) is 0 Å². The van der Waals surface area contributed by atoms with E-state index in [4.69, 9.17) is 0 Å². The number of rotatable bonds is 17. The second-order valence-electron chi connectivity index (χ2n) is 8.72. The Morgan fingerprint density at radius 2 is 1.10 bits per heavy atom. The van der Waals surface area contributed by atoms with Crippen LogP contribution in [0.15, 0.2) is 54.6 Å². The summed E-state index contributed by atoms with van der Waals surface area (Å²) in [6, 6.07) is 15.6. The van der Waals surface area contributed by atoms with Crippen molar-refractivity contribution in [3.05, 3.63) is 60.2 Å². The monoisotopic (exact) mass is 392 g/mol. The Morgan fingerprint density at radius 3 is 1.76 bits per heavy atom. The molecule has 0 amide bonds. The summed E-state index contributed by atoms with van der Waals surface area (Å²) in [6.07, 6.45) is 26.9. The smallest absolute Gasteiger partial charge is 0.0181 e. The van der Waals surface area contributed by atoms with Crippen LogP contribution in [0, 0.1) is 0 Å². The highest BCUT2D eigenvalue weighted by atomic mass is 14.0. The van der Waals surface area contributed by atoms with E-state index in [1.165, 1.54) is 119 Å². The van der Waals surface area contributed by atoms with Gasteiger partial charge in [0.25, 0.3) is 0 Å². The number of allylic oxidation sites excluding steroid dienone is 2. The van der Waals surface area contributed by atoms with Gasteiger partial charge in [-0.3, -0.25) is 0 Å². The van der Waals surface area contributed by atoms with Crippen LogP contribution in [0.5, 0.6) is 0 Å². The molecule has 0 nitrogen and oxygen atoms in total. The summed E-state index contributed by atoms with van der Waals surface area (Å²) in [5.41, 5.74) is 1.49. The van der Waals surface area contributed by atoms with Gasteiger partial charge in [-0.15, -0.1) is 0 Å². The molecule has 0 N–H and O–H groups in total. The van der Waals surface area contributed by atoms with Gasteiger partial charge in [-0.25, -0.2) is 0 Å². The molecule has 2 rings (SSSR count). The number of aryl methyl sites for hydroxylation is 1. The number of benzene rings is 2. The first-order chi connectivity index (χ1) is 14.4. The fraction of sp³-hybridized carbons (Fsp3) is 0.586. The van der Waals surface area contributed by atoms with Crippen molar-refractivity contribution in [2.24, 2.45) is 0 Å².